The van der Waals surface area contributed by atoms with Gasteiger partial charge in [-0.15, -0.1) is 0 Å². The highest BCUT2D eigenvalue weighted by Crippen LogP contribution is 2.12. The van der Waals surface area contributed by atoms with Crippen LogP contribution in [0.2, 0.25) is 0 Å². The van der Waals surface area contributed by atoms with E-state index in [1.165, 1.54) is 57.8 Å². The summed E-state index contributed by atoms with van der Waals surface area (Å²) in [6.45, 7) is 3.95. The molecule has 0 heterocycles. The number of aliphatic hydroxyl groups is 4. The van der Waals surface area contributed by atoms with Gasteiger partial charge in [0, 0.05) is 0 Å². The maximum Gasteiger partial charge on any atom is 0.249 e. The molecule has 0 aliphatic heterocycles. The largest absolute Gasteiger partial charge is 0.394 e. The zero-order valence-corrected chi connectivity index (χ0v) is 29.1. The molecule has 0 aliphatic rings. The summed E-state index contributed by atoms with van der Waals surface area (Å²) < 4.78 is 0. The predicted octanol–water partition coefficient (Wildman–Crippen LogP) is 8.78. The van der Waals surface area contributed by atoms with Crippen LogP contribution in [0.25, 0.3) is 0 Å². The SMILES string of the molecule is CCCCC/C=C\CCCCCCC(O)C(=O)NC(CO)C(O)C(O)CCC/C=C/CC/C=C/CC/C=C/CCCCCCC. The predicted molar refractivity (Wildman–Crippen MR) is 191 cm³/mol. The lowest BCUT2D eigenvalue weighted by Crippen LogP contribution is -2.53. The number of allylic oxidation sites excluding steroid dienone is 8. The summed E-state index contributed by atoms with van der Waals surface area (Å²) in [4.78, 5) is 12.4. The average Bonchev–Trinajstić information content (AvgIpc) is 3.04. The van der Waals surface area contributed by atoms with Crippen molar-refractivity contribution in [1.29, 1.82) is 0 Å². The molecule has 0 radical (unpaired) electrons. The van der Waals surface area contributed by atoms with Crippen molar-refractivity contribution in [2.75, 3.05) is 6.61 Å². The minimum Gasteiger partial charge on any atom is -0.394 e. The van der Waals surface area contributed by atoms with Crippen LogP contribution in [0.5, 0.6) is 0 Å². The third-order valence-electron chi connectivity index (χ3n) is 8.22. The Morgan fingerprint density at radius 2 is 0.933 bits per heavy atom. The third kappa shape index (κ3) is 28.2. The monoisotopic (exact) mass is 634 g/mol. The Kier molecular flexibility index (Phi) is 32.3. The minimum atomic E-state index is -1.30. The van der Waals surface area contributed by atoms with E-state index in [1.54, 1.807) is 0 Å². The van der Waals surface area contributed by atoms with Gasteiger partial charge in [-0.25, -0.2) is 0 Å². The van der Waals surface area contributed by atoms with E-state index in [0.29, 0.717) is 19.3 Å². The summed E-state index contributed by atoms with van der Waals surface area (Å²) in [5.74, 6) is -0.614. The van der Waals surface area contributed by atoms with E-state index in [-0.39, 0.29) is 0 Å². The second-order valence-electron chi connectivity index (χ2n) is 12.5. The van der Waals surface area contributed by atoms with Gasteiger partial charge < -0.3 is 25.7 Å². The molecule has 45 heavy (non-hydrogen) atoms. The van der Waals surface area contributed by atoms with E-state index in [2.05, 4.69) is 67.8 Å². The number of unbranched alkanes of at least 4 members (excludes halogenated alkanes) is 15. The van der Waals surface area contributed by atoms with Crippen LogP contribution in [-0.2, 0) is 4.79 Å². The van der Waals surface area contributed by atoms with Gasteiger partial charge in [-0.3, -0.25) is 4.79 Å². The number of hydrogen-bond acceptors (Lipinski definition) is 5. The van der Waals surface area contributed by atoms with Crippen LogP contribution in [0.3, 0.4) is 0 Å². The number of nitrogens with one attached hydrogen (secondary N) is 1. The van der Waals surface area contributed by atoms with Crippen LogP contribution >= 0.6 is 0 Å². The quantitative estimate of drug-likeness (QED) is 0.0376. The first-order valence-electron chi connectivity index (χ1n) is 18.5. The summed E-state index contributed by atoms with van der Waals surface area (Å²) in [7, 11) is 0. The van der Waals surface area contributed by atoms with Gasteiger partial charge in [0.05, 0.1) is 18.8 Å². The van der Waals surface area contributed by atoms with Crippen LogP contribution in [0.4, 0.5) is 0 Å². The lowest BCUT2D eigenvalue weighted by molar-refractivity contribution is -0.132. The molecular weight excluding hydrogens is 562 g/mol. The van der Waals surface area contributed by atoms with Crippen molar-refractivity contribution in [2.45, 2.75) is 186 Å². The van der Waals surface area contributed by atoms with Crippen LogP contribution in [0.1, 0.15) is 162 Å². The van der Waals surface area contributed by atoms with Crippen molar-refractivity contribution < 1.29 is 25.2 Å². The molecule has 262 valence electrons. The van der Waals surface area contributed by atoms with E-state index in [9.17, 15) is 25.2 Å². The normalized spacial score (nSPS) is 15.1. The van der Waals surface area contributed by atoms with Crippen LogP contribution in [0, 0.1) is 0 Å². The van der Waals surface area contributed by atoms with Gasteiger partial charge in [0.1, 0.15) is 12.2 Å². The Morgan fingerprint density at radius 3 is 1.42 bits per heavy atom. The molecule has 0 aliphatic carbocycles. The Morgan fingerprint density at radius 1 is 0.533 bits per heavy atom. The van der Waals surface area contributed by atoms with Crippen molar-refractivity contribution >= 4 is 5.91 Å². The molecule has 0 bridgehead atoms. The van der Waals surface area contributed by atoms with E-state index in [0.717, 1.165) is 70.6 Å². The molecule has 0 aromatic carbocycles. The molecule has 0 saturated heterocycles. The lowest BCUT2D eigenvalue weighted by Gasteiger charge is -2.27. The second-order valence-corrected chi connectivity index (χ2v) is 12.5. The molecular formula is C39H71NO5. The smallest absolute Gasteiger partial charge is 0.249 e. The number of amides is 1. The van der Waals surface area contributed by atoms with Crippen molar-refractivity contribution in [3.05, 3.63) is 48.6 Å². The molecule has 5 N–H and O–H groups in total. The highest BCUT2D eigenvalue weighted by molar-refractivity contribution is 5.80. The Labute approximate surface area is 277 Å². The van der Waals surface area contributed by atoms with E-state index in [1.807, 2.05) is 0 Å². The highest BCUT2D eigenvalue weighted by atomic mass is 16.3. The van der Waals surface area contributed by atoms with E-state index in [4.69, 9.17) is 0 Å². The van der Waals surface area contributed by atoms with Gasteiger partial charge >= 0.3 is 0 Å². The summed E-state index contributed by atoms with van der Waals surface area (Å²) in [6, 6.07) is -1.01. The Bertz CT molecular complexity index is 763. The molecule has 4 atom stereocenters. The number of carbonyl (C=O) groups is 1. The second kappa shape index (κ2) is 33.6. The molecule has 0 fully saturated rings. The van der Waals surface area contributed by atoms with Crippen molar-refractivity contribution in [3.8, 4) is 0 Å². The molecule has 0 spiro atoms. The summed E-state index contributed by atoms with van der Waals surface area (Å²) in [6.07, 6.45) is 38.5. The zero-order chi connectivity index (χ0) is 33.2. The fourth-order valence-corrected chi connectivity index (χ4v) is 5.19. The van der Waals surface area contributed by atoms with Gasteiger partial charge in [0.15, 0.2) is 0 Å². The Balaban J connectivity index is 3.94. The topological polar surface area (TPSA) is 110 Å². The fourth-order valence-electron chi connectivity index (χ4n) is 5.19. The van der Waals surface area contributed by atoms with E-state index >= 15 is 0 Å². The van der Waals surface area contributed by atoms with Crippen molar-refractivity contribution in [1.82, 2.24) is 5.32 Å². The fraction of sp³-hybridized carbons (Fsp3) is 0.769. The summed E-state index contributed by atoms with van der Waals surface area (Å²) in [5, 5.41) is 43.3. The first-order chi connectivity index (χ1) is 22.0. The molecule has 1 amide bonds. The van der Waals surface area contributed by atoms with Gasteiger partial charge in [0.2, 0.25) is 5.91 Å². The van der Waals surface area contributed by atoms with Crippen molar-refractivity contribution in [3.63, 3.8) is 0 Å². The van der Waals surface area contributed by atoms with Crippen LogP contribution in [0.15, 0.2) is 48.6 Å². The standard InChI is InChI=1S/C39H71NO5/c1-3-5-7-9-11-13-15-16-17-18-19-20-21-23-24-26-28-30-32-36(42)38(44)35(34-41)40-39(45)37(43)33-31-29-27-25-22-14-12-10-8-6-4-2/h12,14-16,19-20,24,26,35-38,41-44H,3-11,13,17-18,21-23,25,27-34H2,1-2H3,(H,40,45)/b14-12-,16-15+,20-19+,26-24+. The van der Waals surface area contributed by atoms with Crippen LogP contribution in [-0.4, -0.2) is 57.3 Å². The first-order valence-corrected chi connectivity index (χ1v) is 18.5. The molecule has 0 saturated carbocycles. The number of rotatable bonds is 32. The molecule has 0 rings (SSSR count). The summed E-state index contributed by atoms with van der Waals surface area (Å²) >= 11 is 0. The molecule has 4 unspecified atom stereocenters. The van der Waals surface area contributed by atoms with Gasteiger partial charge in [-0.1, -0.05) is 120 Å². The highest BCUT2D eigenvalue weighted by Gasteiger charge is 2.28. The number of carbonyl (C=O) groups excluding carboxylic acids is 1. The molecule has 0 aromatic rings. The van der Waals surface area contributed by atoms with E-state index < -0.39 is 36.9 Å². The van der Waals surface area contributed by atoms with Gasteiger partial charge in [-0.05, 0) is 89.9 Å². The first kappa shape index (κ1) is 43.3. The third-order valence-corrected chi connectivity index (χ3v) is 8.22. The Hall–Kier alpha value is -1.73. The van der Waals surface area contributed by atoms with Crippen LogP contribution < -0.4 is 5.32 Å². The molecule has 6 nitrogen and oxygen atoms in total. The number of hydrogen-bond donors (Lipinski definition) is 5. The zero-order valence-electron chi connectivity index (χ0n) is 29.1. The average molecular weight is 634 g/mol. The maximum absolute atomic E-state index is 12.4. The molecule has 0 aromatic heterocycles. The molecule has 6 heteroatoms. The van der Waals surface area contributed by atoms with Crippen molar-refractivity contribution in [2.24, 2.45) is 0 Å². The van der Waals surface area contributed by atoms with Gasteiger partial charge in [-0.2, -0.15) is 0 Å². The number of aliphatic hydroxyl groups excluding tert-OH is 4. The maximum atomic E-state index is 12.4. The van der Waals surface area contributed by atoms with Gasteiger partial charge in [0.25, 0.3) is 0 Å². The minimum absolute atomic E-state index is 0.342. The lowest BCUT2D eigenvalue weighted by atomic mass is 10.00. The summed E-state index contributed by atoms with van der Waals surface area (Å²) in [5.41, 5.74) is 0.